The lowest BCUT2D eigenvalue weighted by molar-refractivity contribution is 0.742. The molecule has 3 nitrogen and oxygen atoms in total. The Morgan fingerprint density at radius 3 is 2.50 bits per heavy atom. The largest absolute Gasteiger partial charge is 0.156 e. The number of hydrogen-bond acceptors (Lipinski definition) is 2. The van der Waals surface area contributed by atoms with Gasteiger partial charge in [0.2, 0.25) is 0 Å². The van der Waals surface area contributed by atoms with E-state index < -0.39 is 0 Å². The number of halogens is 2. The number of aromatic nitrogens is 3. The Morgan fingerprint density at radius 2 is 2.00 bits per heavy atom. The van der Waals surface area contributed by atoms with E-state index in [1.807, 2.05) is 0 Å². The summed E-state index contributed by atoms with van der Waals surface area (Å²) < 4.78 is 2.08. The van der Waals surface area contributed by atoms with E-state index in [0.717, 1.165) is 9.39 Å². The highest BCUT2D eigenvalue weighted by atomic mass is 127. The normalized spacial score (nSPS) is 11.1. The first kappa shape index (κ1) is 12.3. The molecular formula is C11H11I2N3. The van der Waals surface area contributed by atoms with E-state index in [2.05, 4.69) is 87.4 Å². The van der Waals surface area contributed by atoms with Crippen molar-refractivity contribution in [2.75, 3.05) is 0 Å². The molecule has 0 atom stereocenters. The number of hydrogen-bond donors (Lipinski definition) is 0. The molecule has 1 heterocycles. The van der Waals surface area contributed by atoms with Crippen molar-refractivity contribution in [3.8, 4) is 5.69 Å². The van der Waals surface area contributed by atoms with Crippen LogP contribution in [0.2, 0.25) is 0 Å². The van der Waals surface area contributed by atoms with Crippen molar-refractivity contribution in [3.05, 3.63) is 37.2 Å². The molecule has 0 saturated carbocycles. The lowest BCUT2D eigenvalue weighted by Gasteiger charge is -2.08. The number of nitrogens with zero attached hydrogens (tertiary/aromatic N) is 3. The van der Waals surface area contributed by atoms with Crippen LogP contribution in [0.15, 0.2) is 24.4 Å². The van der Waals surface area contributed by atoms with Crippen LogP contribution in [0, 0.1) is 7.27 Å². The van der Waals surface area contributed by atoms with Gasteiger partial charge in [0.15, 0.2) is 0 Å². The maximum absolute atomic E-state index is 4.30. The molecule has 84 valence electrons. The third kappa shape index (κ3) is 2.55. The second kappa shape index (κ2) is 4.99. The molecule has 0 radical (unpaired) electrons. The molecule has 16 heavy (non-hydrogen) atoms. The van der Waals surface area contributed by atoms with Gasteiger partial charge >= 0.3 is 0 Å². The molecule has 0 aliphatic rings. The van der Waals surface area contributed by atoms with Crippen LogP contribution in [-0.4, -0.2) is 15.0 Å². The molecule has 1 aromatic heterocycles. The van der Waals surface area contributed by atoms with E-state index in [1.54, 1.807) is 11.0 Å². The maximum atomic E-state index is 4.30. The Balaban J connectivity index is 2.44. The van der Waals surface area contributed by atoms with Gasteiger partial charge in [-0.15, -0.1) is 9.90 Å². The summed E-state index contributed by atoms with van der Waals surface area (Å²) >= 11 is 4.49. The van der Waals surface area contributed by atoms with Gasteiger partial charge in [0.1, 0.15) is 3.70 Å². The summed E-state index contributed by atoms with van der Waals surface area (Å²) in [4.78, 5) is 1.67. The van der Waals surface area contributed by atoms with Gasteiger partial charge in [0.05, 0.1) is 11.9 Å². The third-order valence-electron chi connectivity index (χ3n) is 2.32. The van der Waals surface area contributed by atoms with Gasteiger partial charge < -0.3 is 0 Å². The van der Waals surface area contributed by atoms with Crippen LogP contribution in [0.4, 0.5) is 0 Å². The van der Waals surface area contributed by atoms with Crippen molar-refractivity contribution in [2.24, 2.45) is 0 Å². The smallest absolute Gasteiger partial charge is 0.143 e. The molecule has 2 aromatic rings. The summed E-state index contributed by atoms with van der Waals surface area (Å²) in [6, 6.07) is 6.41. The fourth-order valence-electron chi connectivity index (χ4n) is 1.40. The number of rotatable bonds is 2. The Bertz CT molecular complexity index is 506. The van der Waals surface area contributed by atoms with Crippen LogP contribution in [-0.2, 0) is 0 Å². The van der Waals surface area contributed by atoms with Crippen molar-refractivity contribution in [3.63, 3.8) is 0 Å². The van der Waals surface area contributed by atoms with E-state index in [-0.39, 0.29) is 0 Å². The standard InChI is InChI=1S/C11H11I2N3/c1-7(2)8-3-4-10(9(12)5-8)16-14-6-11(13)15-16/h3-7H,1-2H3. The maximum Gasteiger partial charge on any atom is 0.143 e. The van der Waals surface area contributed by atoms with Gasteiger partial charge in [-0.05, 0) is 68.8 Å². The van der Waals surface area contributed by atoms with E-state index in [1.165, 1.54) is 9.13 Å². The lowest BCUT2D eigenvalue weighted by Crippen LogP contribution is -2.02. The fourth-order valence-corrected chi connectivity index (χ4v) is 2.49. The van der Waals surface area contributed by atoms with Crippen molar-refractivity contribution < 1.29 is 0 Å². The zero-order valence-electron chi connectivity index (χ0n) is 8.98. The Hall–Kier alpha value is -0.180. The van der Waals surface area contributed by atoms with Gasteiger partial charge in [-0.1, -0.05) is 19.9 Å². The Kier molecular flexibility index (Phi) is 3.83. The minimum absolute atomic E-state index is 0.549. The van der Waals surface area contributed by atoms with E-state index in [9.17, 15) is 0 Å². The van der Waals surface area contributed by atoms with Crippen LogP contribution in [0.3, 0.4) is 0 Å². The second-order valence-corrected chi connectivity index (χ2v) is 6.09. The van der Waals surface area contributed by atoms with Gasteiger partial charge in [0, 0.05) is 3.57 Å². The summed E-state index contributed by atoms with van der Waals surface area (Å²) in [7, 11) is 0. The molecule has 0 aliphatic carbocycles. The molecule has 5 heteroatoms. The summed E-state index contributed by atoms with van der Waals surface area (Å²) in [6.07, 6.45) is 1.76. The predicted octanol–water partition coefficient (Wildman–Crippen LogP) is 3.60. The Morgan fingerprint density at radius 1 is 1.25 bits per heavy atom. The van der Waals surface area contributed by atoms with Crippen LogP contribution >= 0.6 is 45.2 Å². The molecule has 0 spiro atoms. The lowest BCUT2D eigenvalue weighted by atomic mass is 10.0. The molecule has 0 fully saturated rings. The van der Waals surface area contributed by atoms with Gasteiger partial charge in [-0.3, -0.25) is 0 Å². The van der Waals surface area contributed by atoms with E-state index in [0.29, 0.717) is 5.92 Å². The summed E-state index contributed by atoms with van der Waals surface area (Å²) in [5.41, 5.74) is 2.38. The molecule has 0 amide bonds. The summed E-state index contributed by atoms with van der Waals surface area (Å²) in [6.45, 7) is 4.39. The van der Waals surface area contributed by atoms with Crippen LogP contribution in [0.25, 0.3) is 5.69 Å². The minimum Gasteiger partial charge on any atom is -0.156 e. The first-order valence-corrected chi connectivity index (χ1v) is 7.11. The average molecular weight is 439 g/mol. The SMILES string of the molecule is CC(C)c1ccc(-n2ncc(I)n2)c(I)c1. The van der Waals surface area contributed by atoms with Crippen LogP contribution in [0.5, 0.6) is 0 Å². The molecule has 0 bridgehead atoms. The first-order chi connectivity index (χ1) is 7.58. The quantitative estimate of drug-likeness (QED) is 0.671. The highest BCUT2D eigenvalue weighted by Gasteiger charge is 2.07. The molecular weight excluding hydrogens is 428 g/mol. The fraction of sp³-hybridized carbons (Fsp3) is 0.273. The monoisotopic (exact) mass is 439 g/mol. The number of benzene rings is 1. The van der Waals surface area contributed by atoms with Gasteiger partial charge in [-0.25, -0.2) is 0 Å². The molecule has 2 rings (SSSR count). The zero-order chi connectivity index (χ0) is 11.7. The van der Waals surface area contributed by atoms with Crippen molar-refractivity contribution >= 4 is 45.2 Å². The zero-order valence-corrected chi connectivity index (χ0v) is 13.3. The predicted molar refractivity (Wildman–Crippen MR) is 80.9 cm³/mol. The van der Waals surface area contributed by atoms with Crippen LogP contribution in [0.1, 0.15) is 25.3 Å². The Labute approximate surface area is 122 Å². The topological polar surface area (TPSA) is 30.7 Å². The second-order valence-electron chi connectivity index (χ2n) is 3.82. The first-order valence-electron chi connectivity index (χ1n) is 4.95. The minimum atomic E-state index is 0.549. The molecule has 0 unspecified atom stereocenters. The van der Waals surface area contributed by atoms with E-state index >= 15 is 0 Å². The molecule has 0 aliphatic heterocycles. The van der Waals surface area contributed by atoms with E-state index in [4.69, 9.17) is 0 Å². The van der Waals surface area contributed by atoms with Crippen LogP contribution < -0.4 is 0 Å². The molecule has 1 aromatic carbocycles. The van der Waals surface area contributed by atoms with Crippen molar-refractivity contribution in [2.45, 2.75) is 19.8 Å². The van der Waals surface area contributed by atoms with Crippen molar-refractivity contribution in [1.29, 1.82) is 0 Å². The summed E-state index contributed by atoms with van der Waals surface area (Å²) in [5, 5.41) is 8.52. The van der Waals surface area contributed by atoms with Gasteiger partial charge in [0.25, 0.3) is 0 Å². The van der Waals surface area contributed by atoms with Gasteiger partial charge in [-0.2, -0.15) is 5.10 Å². The molecule has 0 saturated heterocycles. The third-order valence-corrected chi connectivity index (χ3v) is 3.68. The van der Waals surface area contributed by atoms with Crippen molar-refractivity contribution in [1.82, 2.24) is 15.0 Å². The highest BCUT2D eigenvalue weighted by Crippen LogP contribution is 2.22. The average Bonchev–Trinajstić information content (AvgIpc) is 2.64. The molecule has 0 N–H and O–H groups in total. The highest BCUT2D eigenvalue weighted by molar-refractivity contribution is 14.1. The summed E-state index contributed by atoms with van der Waals surface area (Å²) in [5.74, 6) is 0.549.